The zero-order chi connectivity index (χ0) is 18.5. The van der Waals surface area contributed by atoms with Gasteiger partial charge in [-0.25, -0.2) is 9.78 Å². The first-order valence-corrected chi connectivity index (χ1v) is 8.25. The molecule has 5 heteroatoms. The first kappa shape index (κ1) is 17.5. The van der Waals surface area contributed by atoms with Crippen molar-refractivity contribution in [1.29, 1.82) is 0 Å². The quantitative estimate of drug-likeness (QED) is 0.709. The number of hydrogen-bond acceptors (Lipinski definition) is 4. The molecule has 0 saturated carbocycles. The van der Waals surface area contributed by atoms with E-state index in [1.54, 1.807) is 37.5 Å². The number of aromatic nitrogens is 1. The second kappa shape index (κ2) is 7.70. The molecule has 0 aliphatic rings. The number of carboxylic acids is 1. The minimum Gasteiger partial charge on any atom is -0.492 e. The molecule has 0 aliphatic carbocycles. The summed E-state index contributed by atoms with van der Waals surface area (Å²) in [5.41, 5.74) is 2.25. The van der Waals surface area contributed by atoms with Crippen molar-refractivity contribution in [2.24, 2.45) is 0 Å². The molecular weight excluding hydrogens is 330 g/mol. The lowest BCUT2D eigenvalue weighted by molar-refractivity contribution is 0.0699. The van der Waals surface area contributed by atoms with Gasteiger partial charge in [-0.3, -0.25) is 0 Å². The van der Waals surface area contributed by atoms with Crippen molar-refractivity contribution in [2.45, 2.75) is 6.92 Å². The van der Waals surface area contributed by atoms with E-state index in [0.717, 1.165) is 5.56 Å². The fraction of sp³-hybridized carbons (Fsp3) is 0.143. The van der Waals surface area contributed by atoms with Gasteiger partial charge in [-0.15, -0.1) is 0 Å². The van der Waals surface area contributed by atoms with Gasteiger partial charge in [0.05, 0.1) is 30.5 Å². The Morgan fingerprint density at radius 3 is 2.69 bits per heavy atom. The Morgan fingerprint density at radius 2 is 1.96 bits per heavy atom. The van der Waals surface area contributed by atoms with E-state index in [-0.39, 0.29) is 5.56 Å². The highest BCUT2D eigenvalue weighted by Crippen LogP contribution is 2.32. The number of hydrogen-bond donors (Lipinski definition) is 1. The predicted octanol–water partition coefficient (Wildman–Crippen LogP) is 4.51. The van der Waals surface area contributed by atoms with Crippen LogP contribution >= 0.6 is 0 Å². The van der Waals surface area contributed by atoms with Gasteiger partial charge in [-0.1, -0.05) is 30.3 Å². The van der Waals surface area contributed by atoms with Crippen LogP contribution in [0.2, 0.25) is 0 Å². The molecule has 1 N–H and O–H groups in total. The lowest BCUT2D eigenvalue weighted by Gasteiger charge is -2.11. The summed E-state index contributed by atoms with van der Waals surface area (Å²) in [6.45, 7) is 2.45. The Morgan fingerprint density at radius 1 is 1.15 bits per heavy atom. The highest BCUT2D eigenvalue weighted by molar-refractivity contribution is 6.03. The predicted molar refractivity (Wildman–Crippen MR) is 102 cm³/mol. The molecule has 0 fully saturated rings. The van der Waals surface area contributed by atoms with Crippen LogP contribution in [0, 0.1) is 0 Å². The maximum Gasteiger partial charge on any atom is 0.336 e. The molecule has 1 aromatic heterocycles. The number of carbonyl (C=O) groups is 1. The summed E-state index contributed by atoms with van der Waals surface area (Å²) in [7, 11) is 1.59. The standard InChI is InChI=1S/C21H19NO4/c1-3-26-19-10-6-7-14(20(19)25-2)11-12-15-13-17(21(23)24)16-8-4-5-9-18(16)22-15/h4-13H,3H2,1-2H3,(H,23,24). The largest absolute Gasteiger partial charge is 0.492 e. The topological polar surface area (TPSA) is 68.7 Å². The molecule has 0 aliphatic heterocycles. The second-order valence-electron chi connectivity index (χ2n) is 5.56. The average molecular weight is 349 g/mol. The van der Waals surface area contributed by atoms with Gasteiger partial charge in [0.25, 0.3) is 0 Å². The van der Waals surface area contributed by atoms with E-state index >= 15 is 0 Å². The summed E-state index contributed by atoms with van der Waals surface area (Å²) in [4.78, 5) is 16.1. The van der Waals surface area contributed by atoms with E-state index in [0.29, 0.717) is 34.7 Å². The van der Waals surface area contributed by atoms with E-state index in [4.69, 9.17) is 9.47 Å². The van der Waals surface area contributed by atoms with Crippen LogP contribution in [-0.2, 0) is 0 Å². The summed E-state index contributed by atoms with van der Waals surface area (Å²) in [6, 6.07) is 14.4. The van der Waals surface area contributed by atoms with Crippen molar-refractivity contribution in [3.63, 3.8) is 0 Å². The summed E-state index contributed by atoms with van der Waals surface area (Å²) in [5, 5.41) is 10.1. The molecule has 0 unspecified atom stereocenters. The molecule has 0 saturated heterocycles. The van der Waals surface area contributed by atoms with E-state index < -0.39 is 5.97 Å². The maximum atomic E-state index is 11.6. The number of ether oxygens (including phenoxy) is 2. The molecule has 0 amide bonds. The highest BCUT2D eigenvalue weighted by Gasteiger charge is 2.11. The number of aromatic carboxylic acids is 1. The number of pyridine rings is 1. The van der Waals surface area contributed by atoms with Crippen molar-refractivity contribution in [2.75, 3.05) is 13.7 Å². The normalized spacial score (nSPS) is 11.0. The molecule has 0 spiro atoms. The van der Waals surface area contributed by atoms with Crippen LogP contribution in [0.3, 0.4) is 0 Å². The SMILES string of the molecule is CCOc1cccc(C=Cc2cc(C(=O)O)c3ccccc3n2)c1OC. The van der Waals surface area contributed by atoms with Crippen LogP contribution < -0.4 is 9.47 Å². The Labute approximate surface area is 151 Å². The van der Waals surface area contributed by atoms with Crippen molar-refractivity contribution in [1.82, 2.24) is 4.98 Å². The molecule has 1 heterocycles. The number of benzene rings is 2. The molecule has 3 aromatic rings. The fourth-order valence-corrected chi connectivity index (χ4v) is 2.79. The van der Waals surface area contributed by atoms with Crippen LogP contribution in [0.5, 0.6) is 11.5 Å². The number of para-hydroxylation sites is 2. The lowest BCUT2D eigenvalue weighted by Crippen LogP contribution is -2.00. The number of methoxy groups -OCH3 is 1. The van der Waals surface area contributed by atoms with Gasteiger partial charge in [-0.05, 0) is 37.3 Å². The van der Waals surface area contributed by atoms with Gasteiger partial charge in [0.2, 0.25) is 0 Å². The molecule has 26 heavy (non-hydrogen) atoms. The number of fused-ring (bicyclic) bond motifs is 1. The first-order valence-electron chi connectivity index (χ1n) is 8.25. The van der Waals surface area contributed by atoms with Crippen LogP contribution in [0.1, 0.15) is 28.5 Å². The first-order chi connectivity index (χ1) is 12.6. The van der Waals surface area contributed by atoms with E-state index in [9.17, 15) is 9.90 Å². The third kappa shape index (κ3) is 3.52. The van der Waals surface area contributed by atoms with Gasteiger partial charge in [-0.2, -0.15) is 0 Å². The number of nitrogens with zero attached hydrogens (tertiary/aromatic N) is 1. The summed E-state index contributed by atoms with van der Waals surface area (Å²) >= 11 is 0. The van der Waals surface area contributed by atoms with Crippen LogP contribution in [0.25, 0.3) is 23.1 Å². The fourth-order valence-electron chi connectivity index (χ4n) is 2.79. The molecule has 0 bridgehead atoms. The Bertz CT molecular complexity index is 979. The minimum atomic E-state index is -0.978. The second-order valence-corrected chi connectivity index (χ2v) is 5.56. The zero-order valence-electron chi connectivity index (χ0n) is 14.6. The van der Waals surface area contributed by atoms with Gasteiger partial charge in [0.15, 0.2) is 11.5 Å². The summed E-state index contributed by atoms with van der Waals surface area (Å²) < 4.78 is 11.0. The van der Waals surface area contributed by atoms with Crippen molar-refractivity contribution >= 4 is 29.0 Å². The highest BCUT2D eigenvalue weighted by atomic mass is 16.5. The molecule has 0 radical (unpaired) electrons. The summed E-state index contributed by atoms with van der Waals surface area (Å²) in [5.74, 6) is 0.314. The third-order valence-corrected chi connectivity index (χ3v) is 3.91. The van der Waals surface area contributed by atoms with Crippen molar-refractivity contribution < 1.29 is 19.4 Å². The van der Waals surface area contributed by atoms with Crippen molar-refractivity contribution in [3.8, 4) is 11.5 Å². The van der Waals surface area contributed by atoms with E-state index in [1.165, 1.54) is 0 Å². The third-order valence-electron chi connectivity index (χ3n) is 3.91. The Hall–Kier alpha value is -3.34. The number of carboxylic acid groups (broad SMARTS) is 1. The van der Waals surface area contributed by atoms with Crippen LogP contribution in [-0.4, -0.2) is 29.8 Å². The van der Waals surface area contributed by atoms with Crippen molar-refractivity contribution in [3.05, 3.63) is 65.4 Å². The van der Waals surface area contributed by atoms with Gasteiger partial charge >= 0.3 is 5.97 Å². The molecule has 0 atom stereocenters. The molecule has 3 rings (SSSR count). The monoisotopic (exact) mass is 349 g/mol. The lowest BCUT2D eigenvalue weighted by atomic mass is 10.1. The van der Waals surface area contributed by atoms with Gasteiger partial charge < -0.3 is 14.6 Å². The summed E-state index contributed by atoms with van der Waals surface area (Å²) in [6.07, 6.45) is 3.61. The number of rotatable bonds is 6. The van der Waals surface area contributed by atoms with E-state index in [2.05, 4.69) is 4.98 Å². The molecule has 2 aromatic carbocycles. The Balaban J connectivity index is 2.04. The molecule has 5 nitrogen and oxygen atoms in total. The average Bonchev–Trinajstić information content (AvgIpc) is 2.66. The maximum absolute atomic E-state index is 11.6. The van der Waals surface area contributed by atoms with Gasteiger partial charge in [0, 0.05) is 10.9 Å². The zero-order valence-corrected chi connectivity index (χ0v) is 14.6. The molecule has 132 valence electrons. The minimum absolute atomic E-state index is 0.227. The molecular formula is C21H19NO4. The van der Waals surface area contributed by atoms with Crippen LogP contribution in [0.15, 0.2) is 48.5 Å². The van der Waals surface area contributed by atoms with E-state index in [1.807, 2.05) is 37.3 Å². The Kier molecular flexibility index (Phi) is 5.17. The van der Waals surface area contributed by atoms with Gasteiger partial charge in [0.1, 0.15) is 0 Å². The smallest absolute Gasteiger partial charge is 0.336 e. The van der Waals surface area contributed by atoms with Crippen LogP contribution in [0.4, 0.5) is 0 Å².